The molecule has 3 rings (SSSR count). The molecular weight excluding hydrogens is 547 g/mol. The number of hydrogen-bond acceptors (Lipinski definition) is 2. The maximum absolute atomic E-state index is 16.7. The van der Waals surface area contributed by atoms with Crippen LogP contribution in [0, 0.1) is 0 Å². The topological polar surface area (TPSA) is 54.4 Å². The Hall–Kier alpha value is -2.71. The second-order valence-corrected chi connectivity index (χ2v) is 15.2. The molecule has 3 nitrogen and oxygen atoms in total. The van der Waals surface area contributed by atoms with Gasteiger partial charge in [-0.2, -0.15) is 47.9 Å². The second kappa shape index (κ2) is 7.89. The molecular formula is C22H17F9O3S2. The van der Waals surface area contributed by atoms with Crippen LogP contribution in [0.4, 0.5) is 39.5 Å². The Morgan fingerprint density at radius 2 is 0.889 bits per heavy atom. The number of rotatable bonds is 7. The van der Waals surface area contributed by atoms with Crippen LogP contribution in [-0.2, 0) is 10.1 Å². The Balaban J connectivity index is 3.09. The molecule has 0 heterocycles. The lowest BCUT2D eigenvalue weighted by atomic mass is 10.3. The summed E-state index contributed by atoms with van der Waals surface area (Å²) in [5.41, 5.74) is -6.99. The summed E-state index contributed by atoms with van der Waals surface area (Å²) in [5.74, 6) is -5.42. The first-order chi connectivity index (χ1) is 16.5. The van der Waals surface area contributed by atoms with Gasteiger partial charge in [0.1, 0.15) is 0 Å². The highest BCUT2D eigenvalue weighted by Gasteiger charge is 3.02. The van der Waals surface area contributed by atoms with Gasteiger partial charge in [0.15, 0.2) is 0 Å². The molecule has 198 valence electrons. The van der Waals surface area contributed by atoms with Gasteiger partial charge in [-0.05, 0) is 8.29 Å². The van der Waals surface area contributed by atoms with Crippen LogP contribution in [0.2, 0.25) is 0 Å². The number of halogens is 9. The van der Waals surface area contributed by atoms with Crippen LogP contribution in [0.1, 0.15) is 0 Å². The minimum absolute atomic E-state index is 0.176. The number of benzene rings is 3. The molecule has 36 heavy (non-hydrogen) atoms. The van der Waals surface area contributed by atoms with Crippen molar-refractivity contribution < 1.29 is 52.5 Å². The summed E-state index contributed by atoms with van der Waals surface area (Å²) < 4.78 is 176. The van der Waals surface area contributed by atoms with Gasteiger partial charge in [-0.25, -0.2) is 0 Å². The molecule has 14 heteroatoms. The summed E-state index contributed by atoms with van der Waals surface area (Å²) in [6.07, 6.45) is 0. The Labute approximate surface area is 198 Å². The van der Waals surface area contributed by atoms with Crippen LogP contribution < -0.4 is 0 Å². The standard InChI is InChI=1S/C22H17F9O3S2/c23-19(24)36(22(29,30)31,16-10-4-1-5-11-16,17-12-6-2-7-13-17,18-14-8-3-9-15-18)21(27,28)20(25,26)35(32,33)34/h1-15,19H,(H,32,33,34). The van der Waals surface area contributed by atoms with Crippen molar-refractivity contribution in [1.82, 2.24) is 0 Å². The third-order valence-electron chi connectivity index (χ3n) is 6.42. The minimum Gasteiger partial charge on any atom is -0.281 e. The maximum atomic E-state index is 16.7. The van der Waals surface area contributed by atoms with Gasteiger partial charge in [-0.15, -0.1) is 0 Å². The van der Waals surface area contributed by atoms with Gasteiger partial charge < -0.3 is 0 Å². The molecule has 0 bridgehead atoms. The first kappa shape index (κ1) is 27.9. The lowest BCUT2D eigenvalue weighted by molar-refractivity contribution is -0.128. The molecule has 3 aromatic rings. The van der Waals surface area contributed by atoms with Crippen molar-refractivity contribution in [2.24, 2.45) is 0 Å². The van der Waals surface area contributed by atoms with Crippen molar-refractivity contribution in [2.75, 3.05) is 0 Å². The van der Waals surface area contributed by atoms with Crippen molar-refractivity contribution >= 4 is 18.4 Å². The highest BCUT2D eigenvalue weighted by atomic mass is 32.4. The van der Waals surface area contributed by atoms with Crippen molar-refractivity contribution in [3.8, 4) is 0 Å². The van der Waals surface area contributed by atoms with Gasteiger partial charge in [0, 0.05) is 14.7 Å². The van der Waals surface area contributed by atoms with E-state index in [4.69, 9.17) is 4.55 Å². The Morgan fingerprint density at radius 1 is 0.611 bits per heavy atom. The third kappa shape index (κ3) is 2.40. The molecule has 3 aromatic carbocycles. The van der Waals surface area contributed by atoms with E-state index in [0.717, 1.165) is 18.2 Å². The highest BCUT2D eigenvalue weighted by molar-refractivity contribution is 8.66. The second-order valence-electron chi connectivity index (χ2n) is 7.76. The fourth-order valence-electron chi connectivity index (χ4n) is 4.69. The van der Waals surface area contributed by atoms with Gasteiger partial charge in [0.25, 0.3) is 5.76 Å². The molecule has 0 aliphatic heterocycles. The van der Waals surface area contributed by atoms with Crippen molar-refractivity contribution in [1.29, 1.82) is 0 Å². The average molecular weight is 564 g/mol. The number of hydrogen-bond donors (Lipinski definition) is 1. The average Bonchev–Trinajstić information content (AvgIpc) is 2.80. The SMILES string of the molecule is O=S(=O)(O)C(F)(F)C(F)(F)S(c1ccccc1)(c1ccccc1)(c1ccccc1)(C(F)F)C(F)(F)F. The molecule has 0 atom stereocenters. The van der Waals surface area contributed by atoms with E-state index >= 15 is 39.5 Å². The fourth-order valence-corrected chi connectivity index (χ4v) is 13.0. The van der Waals surface area contributed by atoms with Crippen LogP contribution in [0.5, 0.6) is 0 Å². The Bertz CT molecular complexity index is 1260. The predicted octanol–water partition coefficient (Wildman–Crippen LogP) is 7.86. The summed E-state index contributed by atoms with van der Waals surface area (Å²) in [4.78, 5) is -5.98. The lowest BCUT2D eigenvalue weighted by Crippen LogP contribution is -2.70. The van der Waals surface area contributed by atoms with E-state index in [9.17, 15) is 8.42 Å². The lowest BCUT2D eigenvalue weighted by Gasteiger charge is -2.79. The molecule has 0 aromatic heterocycles. The van der Waals surface area contributed by atoms with Crippen LogP contribution in [0.15, 0.2) is 106 Å². The van der Waals surface area contributed by atoms with Crippen molar-refractivity contribution in [3.05, 3.63) is 91.0 Å². The maximum Gasteiger partial charge on any atom is 0.440 e. The van der Waals surface area contributed by atoms with Crippen LogP contribution in [0.25, 0.3) is 0 Å². The summed E-state index contributed by atoms with van der Waals surface area (Å²) in [6, 6.07) is 7.86. The summed E-state index contributed by atoms with van der Waals surface area (Å²) in [5, 5.41) is -14.3. The van der Waals surface area contributed by atoms with E-state index in [-0.39, 0.29) is 36.4 Å². The van der Waals surface area contributed by atoms with Crippen molar-refractivity contribution in [2.45, 2.75) is 36.5 Å². The van der Waals surface area contributed by atoms with Crippen LogP contribution in [0.3, 0.4) is 0 Å². The number of alkyl halides is 9. The van der Waals surface area contributed by atoms with E-state index in [1.165, 1.54) is 0 Å². The summed E-state index contributed by atoms with van der Waals surface area (Å²) in [6.45, 7) is 0. The van der Waals surface area contributed by atoms with E-state index in [0.29, 0.717) is 36.4 Å². The van der Waals surface area contributed by atoms with Gasteiger partial charge in [-0.3, -0.25) is 4.55 Å². The molecule has 0 saturated heterocycles. The van der Waals surface area contributed by atoms with Gasteiger partial charge in [-0.1, -0.05) is 91.0 Å². The normalized spacial score (nSPS) is 15.9. The van der Waals surface area contributed by atoms with Crippen LogP contribution >= 0.6 is 8.29 Å². The van der Waals surface area contributed by atoms with Gasteiger partial charge >= 0.3 is 26.1 Å². The zero-order valence-electron chi connectivity index (χ0n) is 17.7. The smallest absolute Gasteiger partial charge is 0.281 e. The fraction of sp³-hybridized carbons (Fsp3) is 0.182. The Kier molecular flexibility index (Phi) is 6.11. The predicted molar refractivity (Wildman–Crippen MR) is 115 cm³/mol. The van der Waals surface area contributed by atoms with Crippen LogP contribution in [-0.4, -0.2) is 34.7 Å². The zero-order chi connectivity index (χ0) is 27.3. The quantitative estimate of drug-likeness (QED) is 0.235. The first-order valence-electron chi connectivity index (χ1n) is 9.72. The van der Waals surface area contributed by atoms with E-state index < -0.39 is 54.9 Å². The van der Waals surface area contributed by atoms with E-state index in [2.05, 4.69) is 0 Å². The molecule has 0 aliphatic carbocycles. The molecule has 0 saturated carbocycles. The van der Waals surface area contributed by atoms with Gasteiger partial charge in [0.05, 0.1) is 0 Å². The molecule has 1 N–H and O–H groups in total. The molecule has 0 unspecified atom stereocenters. The Morgan fingerprint density at radius 3 is 1.08 bits per heavy atom. The third-order valence-corrected chi connectivity index (χ3v) is 15.6. The van der Waals surface area contributed by atoms with E-state index in [1.807, 2.05) is 0 Å². The van der Waals surface area contributed by atoms with Gasteiger partial charge in [0.2, 0.25) is 0 Å². The zero-order valence-corrected chi connectivity index (χ0v) is 19.4. The minimum atomic E-state index is -9.78. The highest BCUT2D eigenvalue weighted by Crippen LogP contribution is 3.16. The summed E-state index contributed by atoms with van der Waals surface area (Å²) in [7, 11) is -17.2. The van der Waals surface area contributed by atoms with Crippen molar-refractivity contribution in [3.63, 3.8) is 0 Å². The molecule has 0 spiro atoms. The van der Waals surface area contributed by atoms with E-state index in [1.54, 1.807) is 0 Å². The molecule has 0 fully saturated rings. The first-order valence-corrected chi connectivity index (χ1v) is 13.7. The molecule has 0 amide bonds. The largest absolute Gasteiger partial charge is 0.440 e. The molecule has 0 radical (unpaired) electrons. The monoisotopic (exact) mass is 564 g/mol. The molecule has 0 aliphatic rings. The summed E-state index contributed by atoms with van der Waals surface area (Å²) >= 11 is 0.